The van der Waals surface area contributed by atoms with E-state index in [2.05, 4.69) is 6.92 Å². The number of Topliss-reactive ketones (excluding diaryl/α,β-unsaturated/α-hetero) is 2. The fourth-order valence-electron chi connectivity index (χ4n) is 1.91. The molecule has 78 valence electrons. The number of carbonyl (C=O) groups excluding carboxylic acids is 2. The molecule has 1 rings (SSSR count). The molecule has 0 aromatic rings. The Morgan fingerprint density at radius 3 is 2.57 bits per heavy atom. The molecule has 0 fully saturated rings. The van der Waals surface area contributed by atoms with Crippen LogP contribution in [-0.2, 0) is 9.59 Å². The minimum atomic E-state index is 0.257. The molecule has 0 radical (unpaired) electrons. The van der Waals surface area contributed by atoms with Gasteiger partial charge in [-0.15, -0.1) is 0 Å². The fourth-order valence-corrected chi connectivity index (χ4v) is 1.91. The van der Waals surface area contributed by atoms with Gasteiger partial charge in [-0.2, -0.15) is 0 Å². The summed E-state index contributed by atoms with van der Waals surface area (Å²) in [5.74, 6) is 0.526. The van der Waals surface area contributed by atoms with E-state index in [-0.39, 0.29) is 11.6 Å². The van der Waals surface area contributed by atoms with E-state index in [9.17, 15) is 9.59 Å². The summed E-state index contributed by atoms with van der Waals surface area (Å²) in [6.07, 6.45) is 4.35. The molecule has 0 aromatic carbocycles. The van der Waals surface area contributed by atoms with Crippen molar-refractivity contribution in [2.75, 3.05) is 0 Å². The zero-order valence-corrected chi connectivity index (χ0v) is 9.06. The standard InChI is InChI=1S/C12H18O2/c1-3-9-5-8-12(14)11(9)7-6-10(13)4-2/h3-8H2,1-2H3. The molecule has 14 heavy (non-hydrogen) atoms. The molecular weight excluding hydrogens is 176 g/mol. The van der Waals surface area contributed by atoms with Crippen molar-refractivity contribution < 1.29 is 9.59 Å². The second-order valence-corrected chi connectivity index (χ2v) is 3.75. The summed E-state index contributed by atoms with van der Waals surface area (Å²) in [4.78, 5) is 22.6. The molecular formula is C12H18O2. The van der Waals surface area contributed by atoms with Gasteiger partial charge in [-0.3, -0.25) is 9.59 Å². The minimum Gasteiger partial charge on any atom is -0.300 e. The molecule has 2 heteroatoms. The Hall–Kier alpha value is -0.920. The highest BCUT2D eigenvalue weighted by Crippen LogP contribution is 2.28. The Morgan fingerprint density at radius 2 is 2.00 bits per heavy atom. The number of hydrogen-bond donors (Lipinski definition) is 0. The zero-order valence-electron chi connectivity index (χ0n) is 9.06. The first kappa shape index (κ1) is 11.2. The van der Waals surface area contributed by atoms with Gasteiger partial charge in [-0.1, -0.05) is 19.4 Å². The second kappa shape index (κ2) is 5.08. The van der Waals surface area contributed by atoms with E-state index in [0.29, 0.717) is 25.7 Å². The molecule has 0 spiro atoms. The third-order valence-electron chi connectivity index (χ3n) is 2.89. The van der Waals surface area contributed by atoms with Crippen molar-refractivity contribution in [2.24, 2.45) is 0 Å². The SMILES string of the molecule is CCC(=O)CCC1=C(CC)CCC1=O. The van der Waals surface area contributed by atoms with Gasteiger partial charge in [0.2, 0.25) is 0 Å². The summed E-state index contributed by atoms with van der Waals surface area (Å²) in [6, 6.07) is 0. The minimum absolute atomic E-state index is 0.257. The Labute approximate surface area is 85.4 Å². The highest BCUT2D eigenvalue weighted by Gasteiger charge is 2.21. The summed E-state index contributed by atoms with van der Waals surface area (Å²) in [5, 5.41) is 0. The lowest BCUT2D eigenvalue weighted by molar-refractivity contribution is -0.118. The lowest BCUT2D eigenvalue weighted by Gasteiger charge is -2.02. The van der Waals surface area contributed by atoms with Gasteiger partial charge >= 0.3 is 0 Å². The summed E-state index contributed by atoms with van der Waals surface area (Å²) in [7, 11) is 0. The third kappa shape index (κ3) is 2.53. The normalized spacial score (nSPS) is 16.6. The number of rotatable bonds is 5. The number of ketones is 2. The molecule has 0 atom stereocenters. The van der Waals surface area contributed by atoms with Crippen LogP contribution in [-0.4, -0.2) is 11.6 Å². The summed E-state index contributed by atoms with van der Waals surface area (Å²) < 4.78 is 0. The molecule has 0 heterocycles. The largest absolute Gasteiger partial charge is 0.300 e. The Morgan fingerprint density at radius 1 is 1.29 bits per heavy atom. The van der Waals surface area contributed by atoms with Crippen molar-refractivity contribution in [2.45, 2.75) is 52.4 Å². The lowest BCUT2D eigenvalue weighted by atomic mass is 10.0. The Kier molecular flexibility index (Phi) is 4.05. The van der Waals surface area contributed by atoms with E-state index >= 15 is 0 Å². The highest BCUT2D eigenvalue weighted by molar-refractivity contribution is 5.99. The molecule has 0 N–H and O–H groups in total. The predicted molar refractivity (Wildman–Crippen MR) is 56.1 cm³/mol. The van der Waals surface area contributed by atoms with Gasteiger partial charge in [0.05, 0.1) is 0 Å². The Bertz CT molecular complexity index is 274. The van der Waals surface area contributed by atoms with Gasteiger partial charge < -0.3 is 0 Å². The third-order valence-corrected chi connectivity index (χ3v) is 2.89. The van der Waals surface area contributed by atoms with Gasteiger partial charge in [0.15, 0.2) is 5.78 Å². The van der Waals surface area contributed by atoms with Crippen molar-refractivity contribution in [3.8, 4) is 0 Å². The molecule has 1 aliphatic rings. The molecule has 0 aromatic heterocycles. The van der Waals surface area contributed by atoms with Gasteiger partial charge in [-0.25, -0.2) is 0 Å². The van der Waals surface area contributed by atoms with Gasteiger partial charge in [-0.05, 0) is 24.8 Å². The zero-order chi connectivity index (χ0) is 10.6. The van der Waals surface area contributed by atoms with Crippen LogP contribution in [0.1, 0.15) is 52.4 Å². The molecule has 0 aliphatic heterocycles. The summed E-state index contributed by atoms with van der Waals surface area (Å²) in [5.41, 5.74) is 2.23. The second-order valence-electron chi connectivity index (χ2n) is 3.75. The highest BCUT2D eigenvalue weighted by atomic mass is 16.1. The topological polar surface area (TPSA) is 34.1 Å². The van der Waals surface area contributed by atoms with Gasteiger partial charge in [0.25, 0.3) is 0 Å². The van der Waals surface area contributed by atoms with Crippen LogP contribution in [0.2, 0.25) is 0 Å². The van der Waals surface area contributed by atoms with Crippen molar-refractivity contribution in [3.05, 3.63) is 11.1 Å². The predicted octanol–water partition coefficient (Wildman–Crippen LogP) is 2.82. The maximum Gasteiger partial charge on any atom is 0.159 e. The molecule has 0 saturated carbocycles. The first-order valence-corrected chi connectivity index (χ1v) is 5.44. The first-order chi connectivity index (χ1) is 6.69. The number of hydrogen-bond acceptors (Lipinski definition) is 2. The van der Waals surface area contributed by atoms with E-state index in [1.807, 2.05) is 6.92 Å². The van der Waals surface area contributed by atoms with E-state index in [1.54, 1.807) is 0 Å². The van der Waals surface area contributed by atoms with Crippen LogP contribution in [0, 0.1) is 0 Å². The monoisotopic (exact) mass is 194 g/mol. The molecule has 0 unspecified atom stereocenters. The maximum atomic E-state index is 11.5. The van der Waals surface area contributed by atoms with E-state index in [0.717, 1.165) is 18.4 Å². The average molecular weight is 194 g/mol. The van der Waals surface area contributed by atoms with Crippen LogP contribution in [0.3, 0.4) is 0 Å². The molecule has 0 bridgehead atoms. The van der Waals surface area contributed by atoms with Crippen LogP contribution >= 0.6 is 0 Å². The summed E-state index contributed by atoms with van der Waals surface area (Å²) >= 11 is 0. The maximum absolute atomic E-state index is 11.5. The Balaban J connectivity index is 2.57. The van der Waals surface area contributed by atoms with Crippen LogP contribution in [0.15, 0.2) is 11.1 Å². The van der Waals surface area contributed by atoms with E-state index < -0.39 is 0 Å². The van der Waals surface area contributed by atoms with Crippen molar-refractivity contribution in [3.63, 3.8) is 0 Å². The van der Waals surface area contributed by atoms with Gasteiger partial charge in [0.1, 0.15) is 5.78 Å². The first-order valence-electron chi connectivity index (χ1n) is 5.44. The number of allylic oxidation sites excluding steroid dienone is 2. The van der Waals surface area contributed by atoms with Crippen LogP contribution in [0.4, 0.5) is 0 Å². The molecule has 2 nitrogen and oxygen atoms in total. The van der Waals surface area contributed by atoms with Crippen molar-refractivity contribution in [1.29, 1.82) is 0 Å². The van der Waals surface area contributed by atoms with Crippen molar-refractivity contribution in [1.82, 2.24) is 0 Å². The fraction of sp³-hybridized carbons (Fsp3) is 0.667. The van der Waals surface area contributed by atoms with Crippen LogP contribution in [0.25, 0.3) is 0 Å². The quantitative estimate of drug-likeness (QED) is 0.674. The van der Waals surface area contributed by atoms with E-state index in [1.165, 1.54) is 5.57 Å². The van der Waals surface area contributed by atoms with Gasteiger partial charge in [0, 0.05) is 19.3 Å². The molecule has 0 saturated heterocycles. The molecule has 1 aliphatic carbocycles. The van der Waals surface area contributed by atoms with Crippen molar-refractivity contribution >= 4 is 11.6 Å². The van der Waals surface area contributed by atoms with Crippen LogP contribution in [0.5, 0.6) is 0 Å². The molecule has 0 amide bonds. The van der Waals surface area contributed by atoms with Crippen LogP contribution < -0.4 is 0 Å². The van der Waals surface area contributed by atoms with E-state index in [4.69, 9.17) is 0 Å². The summed E-state index contributed by atoms with van der Waals surface area (Å²) in [6.45, 7) is 3.95. The average Bonchev–Trinajstić information content (AvgIpc) is 2.55. The lowest BCUT2D eigenvalue weighted by Crippen LogP contribution is -2.01. The smallest absolute Gasteiger partial charge is 0.159 e. The number of carbonyl (C=O) groups is 2.